The van der Waals surface area contributed by atoms with Gasteiger partial charge in [0.15, 0.2) is 9.84 Å². The molecule has 0 heterocycles. The number of esters is 1. The second kappa shape index (κ2) is 6.00. The van der Waals surface area contributed by atoms with Crippen molar-refractivity contribution in [1.29, 1.82) is 0 Å². The molecule has 0 amide bonds. The lowest BCUT2D eigenvalue weighted by molar-refractivity contribution is 0.0323. The number of sulfone groups is 1. The smallest absolute Gasteiger partial charge is 0.338 e. The van der Waals surface area contributed by atoms with Crippen LogP contribution in [0.3, 0.4) is 0 Å². The molecular formula is C13H18O4S. The van der Waals surface area contributed by atoms with E-state index < -0.39 is 15.8 Å². The summed E-state index contributed by atoms with van der Waals surface area (Å²) < 4.78 is 28.0. The maximum absolute atomic E-state index is 11.8. The minimum absolute atomic E-state index is 0.125. The van der Waals surface area contributed by atoms with E-state index in [0.717, 1.165) is 19.1 Å². The molecule has 0 aliphatic carbocycles. The molecule has 18 heavy (non-hydrogen) atoms. The highest BCUT2D eigenvalue weighted by atomic mass is 32.2. The quantitative estimate of drug-likeness (QED) is 0.771. The van der Waals surface area contributed by atoms with E-state index in [2.05, 4.69) is 0 Å². The van der Waals surface area contributed by atoms with Crippen LogP contribution in [-0.4, -0.2) is 26.7 Å². The molecule has 0 fully saturated rings. The Kier molecular flexibility index (Phi) is 4.90. The van der Waals surface area contributed by atoms with Gasteiger partial charge in [-0.25, -0.2) is 13.2 Å². The van der Waals surface area contributed by atoms with Crippen LogP contribution in [0, 0.1) is 0 Å². The summed E-state index contributed by atoms with van der Waals surface area (Å²) in [4.78, 5) is 11.9. The largest absolute Gasteiger partial charge is 0.459 e. The summed E-state index contributed by atoms with van der Waals surface area (Å²) in [5, 5.41) is 0. The fourth-order valence-corrected chi connectivity index (χ4v) is 2.24. The molecule has 5 heteroatoms. The number of benzene rings is 1. The van der Waals surface area contributed by atoms with Crippen LogP contribution in [-0.2, 0) is 14.6 Å². The highest BCUT2D eigenvalue weighted by Crippen LogP contribution is 2.13. The first-order valence-electron chi connectivity index (χ1n) is 5.85. The van der Waals surface area contributed by atoms with Gasteiger partial charge in [-0.15, -0.1) is 0 Å². The SMILES string of the molecule is CCCC(C)OC(=O)c1cccc(S(C)(=O)=O)c1. The Morgan fingerprint density at radius 3 is 2.61 bits per heavy atom. The molecule has 0 N–H and O–H groups in total. The molecule has 0 spiro atoms. The van der Waals surface area contributed by atoms with E-state index in [-0.39, 0.29) is 16.6 Å². The van der Waals surface area contributed by atoms with Crippen molar-refractivity contribution in [3.63, 3.8) is 0 Å². The third-order valence-electron chi connectivity index (χ3n) is 2.50. The molecule has 100 valence electrons. The number of ether oxygens (including phenoxy) is 1. The maximum atomic E-state index is 11.8. The van der Waals surface area contributed by atoms with Crippen LogP contribution in [0.25, 0.3) is 0 Å². The lowest BCUT2D eigenvalue weighted by Crippen LogP contribution is -2.15. The van der Waals surface area contributed by atoms with Crippen LogP contribution in [0.4, 0.5) is 0 Å². The number of hydrogen-bond donors (Lipinski definition) is 0. The van der Waals surface area contributed by atoms with Crippen molar-refractivity contribution >= 4 is 15.8 Å². The highest BCUT2D eigenvalue weighted by molar-refractivity contribution is 7.90. The van der Waals surface area contributed by atoms with Crippen molar-refractivity contribution < 1.29 is 17.9 Å². The van der Waals surface area contributed by atoms with Crippen molar-refractivity contribution in [3.8, 4) is 0 Å². The highest BCUT2D eigenvalue weighted by Gasteiger charge is 2.14. The van der Waals surface area contributed by atoms with E-state index in [1.165, 1.54) is 18.2 Å². The first kappa shape index (κ1) is 14.7. The van der Waals surface area contributed by atoms with Crippen LogP contribution in [0.5, 0.6) is 0 Å². The summed E-state index contributed by atoms with van der Waals surface area (Å²) in [6.45, 7) is 3.83. The summed E-state index contributed by atoms with van der Waals surface area (Å²) >= 11 is 0. The monoisotopic (exact) mass is 270 g/mol. The third-order valence-corrected chi connectivity index (χ3v) is 3.61. The summed E-state index contributed by atoms with van der Waals surface area (Å²) in [5.41, 5.74) is 0.265. The van der Waals surface area contributed by atoms with Crippen LogP contribution in [0.15, 0.2) is 29.2 Å². The molecule has 1 aromatic rings. The molecule has 1 rings (SSSR count). The second-order valence-electron chi connectivity index (χ2n) is 4.30. The van der Waals surface area contributed by atoms with E-state index in [4.69, 9.17) is 4.74 Å². The molecule has 0 bridgehead atoms. The zero-order chi connectivity index (χ0) is 13.8. The third kappa shape index (κ3) is 4.14. The van der Waals surface area contributed by atoms with Crippen molar-refractivity contribution in [3.05, 3.63) is 29.8 Å². The minimum Gasteiger partial charge on any atom is -0.459 e. The normalized spacial score (nSPS) is 13.1. The molecule has 1 atom stereocenters. The van der Waals surface area contributed by atoms with E-state index in [1.807, 2.05) is 13.8 Å². The van der Waals surface area contributed by atoms with Crippen molar-refractivity contribution in [2.75, 3.05) is 6.26 Å². The number of hydrogen-bond acceptors (Lipinski definition) is 4. The van der Waals surface area contributed by atoms with Gasteiger partial charge in [0, 0.05) is 6.26 Å². The summed E-state index contributed by atoms with van der Waals surface area (Å²) in [6, 6.07) is 5.89. The average molecular weight is 270 g/mol. The van der Waals surface area contributed by atoms with Crippen molar-refractivity contribution in [2.24, 2.45) is 0 Å². The van der Waals surface area contributed by atoms with Crippen LogP contribution < -0.4 is 0 Å². The zero-order valence-corrected chi connectivity index (χ0v) is 11.7. The zero-order valence-electron chi connectivity index (χ0n) is 10.8. The topological polar surface area (TPSA) is 60.4 Å². The summed E-state index contributed by atoms with van der Waals surface area (Å²) in [6.07, 6.45) is 2.66. The predicted molar refractivity (Wildman–Crippen MR) is 69.3 cm³/mol. The van der Waals surface area contributed by atoms with Gasteiger partial charge in [0.1, 0.15) is 0 Å². The molecular weight excluding hydrogens is 252 g/mol. The Hall–Kier alpha value is -1.36. The fourth-order valence-electron chi connectivity index (χ4n) is 1.57. The molecule has 0 aliphatic heterocycles. The van der Waals surface area contributed by atoms with E-state index in [0.29, 0.717) is 0 Å². The molecule has 0 radical (unpaired) electrons. The molecule has 0 aliphatic rings. The molecule has 0 saturated carbocycles. The number of rotatable bonds is 5. The van der Waals surface area contributed by atoms with Crippen LogP contribution in [0.1, 0.15) is 37.0 Å². The van der Waals surface area contributed by atoms with Gasteiger partial charge in [0.05, 0.1) is 16.6 Å². The van der Waals surface area contributed by atoms with Gasteiger partial charge in [-0.3, -0.25) is 0 Å². The van der Waals surface area contributed by atoms with Crippen LogP contribution >= 0.6 is 0 Å². The Balaban J connectivity index is 2.87. The van der Waals surface area contributed by atoms with E-state index >= 15 is 0 Å². The van der Waals surface area contributed by atoms with Gasteiger partial charge in [0.25, 0.3) is 0 Å². The van der Waals surface area contributed by atoms with Crippen molar-refractivity contribution in [1.82, 2.24) is 0 Å². The van der Waals surface area contributed by atoms with Gasteiger partial charge < -0.3 is 4.74 Å². The molecule has 1 aromatic carbocycles. The molecule has 0 aromatic heterocycles. The molecule has 4 nitrogen and oxygen atoms in total. The average Bonchev–Trinajstić information content (AvgIpc) is 2.28. The minimum atomic E-state index is -3.31. The van der Waals surface area contributed by atoms with E-state index in [9.17, 15) is 13.2 Å². The fraction of sp³-hybridized carbons (Fsp3) is 0.462. The van der Waals surface area contributed by atoms with Gasteiger partial charge in [-0.05, 0) is 31.5 Å². The lowest BCUT2D eigenvalue weighted by atomic mass is 10.2. The predicted octanol–water partition coefficient (Wildman–Crippen LogP) is 2.44. The van der Waals surface area contributed by atoms with Crippen molar-refractivity contribution in [2.45, 2.75) is 37.7 Å². The van der Waals surface area contributed by atoms with Crippen LogP contribution in [0.2, 0.25) is 0 Å². The Labute approximate surface area is 108 Å². The second-order valence-corrected chi connectivity index (χ2v) is 6.32. The maximum Gasteiger partial charge on any atom is 0.338 e. The van der Waals surface area contributed by atoms with Gasteiger partial charge in [-0.2, -0.15) is 0 Å². The molecule has 1 unspecified atom stereocenters. The lowest BCUT2D eigenvalue weighted by Gasteiger charge is -2.12. The Morgan fingerprint density at radius 1 is 1.39 bits per heavy atom. The first-order valence-corrected chi connectivity index (χ1v) is 7.75. The molecule has 0 saturated heterocycles. The summed E-state index contributed by atoms with van der Waals surface area (Å²) in [5.74, 6) is -0.485. The van der Waals surface area contributed by atoms with Gasteiger partial charge in [-0.1, -0.05) is 19.4 Å². The first-order chi connectivity index (χ1) is 8.34. The summed E-state index contributed by atoms with van der Waals surface area (Å²) in [7, 11) is -3.31. The van der Waals surface area contributed by atoms with E-state index in [1.54, 1.807) is 6.07 Å². The van der Waals surface area contributed by atoms with Gasteiger partial charge in [0.2, 0.25) is 0 Å². The number of carbonyl (C=O) groups excluding carboxylic acids is 1. The Morgan fingerprint density at radius 2 is 2.06 bits per heavy atom. The standard InChI is InChI=1S/C13H18O4S/c1-4-6-10(2)17-13(14)11-7-5-8-12(9-11)18(3,15)16/h5,7-10H,4,6H2,1-3H3. The number of carbonyl (C=O) groups is 1. The Bertz CT molecular complexity index is 520. The van der Waals surface area contributed by atoms with Gasteiger partial charge >= 0.3 is 5.97 Å².